The van der Waals surface area contributed by atoms with Crippen molar-refractivity contribution in [3.8, 4) is 5.75 Å². The molecule has 1 aliphatic rings. The second-order valence-electron chi connectivity index (χ2n) is 8.29. The highest BCUT2D eigenvalue weighted by molar-refractivity contribution is 7.14. The van der Waals surface area contributed by atoms with Crippen molar-refractivity contribution in [1.82, 2.24) is 20.2 Å². The summed E-state index contributed by atoms with van der Waals surface area (Å²) in [4.78, 5) is 27.8. The van der Waals surface area contributed by atoms with Crippen LogP contribution in [0.15, 0.2) is 42.6 Å². The molecule has 1 aromatic carbocycles. The van der Waals surface area contributed by atoms with Crippen LogP contribution < -0.4 is 15.0 Å². The molecule has 1 saturated heterocycles. The van der Waals surface area contributed by atoms with Gasteiger partial charge in [-0.05, 0) is 32.0 Å². The van der Waals surface area contributed by atoms with E-state index in [4.69, 9.17) is 0 Å². The summed E-state index contributed by atoms with van der Waals surface area (Å²) in [6.45, 7) is 7.98. The van der Waals surface area contributed by atoms with Crippen molar-refractivity contribution in [2.75, 3.05) is 31.1 Å². The first-order valence-electron chi connectivity index (χ1n) is 11.2. The number of aryl methyl sites for hydroxylation is 2. The Labute approximate surface area is 205 Å². The number of carbonyl (C=O) groups is 1. The smallest absolute Gasteiger partial charge is 0.405 e. The first-order valence-corrected chi connectivity index (χ1v) is 12.0. The van der Waals surface area contributed by atoms with Crippen LogP contribution in [0.5, 0.6) is 5.75 Å². The van der Waals surface area contributed by atoms with Gasteiger partial charge in [-0.3, -0.25) is 14.7 Å². The molecule has 1 amide bonds. The number of benzene rings is 1. The van der Waals surface area contributed by atoms with Crippen molar-refractivity contribution < 1.29 is 22.7 Å². The largest absolute Gasteiger partial charge is 0.573 e. The maximum atomic E-state index is 12.6. The predicted molar refractivity (Wildman–Crippen MR) is 128 cm³/mol. The molecule has 4 rings (SSSR count). The minimum Gasteiger partial charge on any atom is -0.405 e. The molecular formula is C24H26F3N5O2S. The van der Waals surface area contributed by atoms with Crippen LogP contribution in [0.3, 0.4) is 0 Å². The van der Waals surface area contributed by atoms with Gasteiger partial charge in [-0.2, -0.15) is 0 Å². The summed E-state index contributed by atoms with van der Waals surface area (Å²) in [6.07, 6.45) is -3.02. The van der Waals surface area contributed by atoms with Gasteiger partial charge in [-0.1, -0.05) is 18.2 Å². The standard InChI is InChI=1S/C24H26F3N5O2S/c1-16-13-28-17(2)22(30-16)32-11-9-31(10-12-32)15-19-7-8-21(35-19)23(33)29-14-18-5-3-4-6-20(18)34-24(25,26)27/h3-8,13H,9-12,14-15H2,1-2H3,(H,29,33). The van der Waals surface area contributed by atoms with E-state index < -0.39 is 6.36 Å². The molecule has 1 aliphatic heterocycles. The highest BCUT2D eigenvalue weighted by Gasteiger charge is 2.32. The quantitative estimate of drug-likeness (QED) is 0.516. The van der Waals surface area contributed by atoms with Crippen molar-refractivity contribution >= 4 is 23.1 Å². The molecular weight excluding hydrogens is 479 g/mol. The van der Waals surface area contributed by atoms with Gasteiger partial charge in [0.2, 0.25) is 0 Å². The summed E-state index contributed by atoms with van der Waals surface area (Å²) >= 11 is 1.38. The van der Waals surface area contributed by atoms with E-state index in [1.54, 1.807) is 18.3 Å². The molecule has 0 aliphatic carbocycles. The molecule has 0 radical (unpaired) electrons. The van der Waals surface area contributed by atoms with Gasteiger partial charge in [0.1, 0.15) is 11.6 Å². The SMILES string of the molecule is Cc1cnc(C)c(N2CCN(Cc3ccc(C(=O)NCc4ccccc4OC(F)(F)F)s3)CC2)n1. The summed E-state index contributed by atoms with van der Waals surface area (Å²) < 4.78 is 41.8. The van der Waals surface area contributed by atoms with Crippen molar-refractivity contribution in [2.24, 2.45) is 0 Å². The van der Waals surface area contributed by atoms with Crippen molar-refractivity contribution in [3.05, 3.63) is 69.3 Å². The molecule has 3 heterocycles. The fraction of sp³-hybridized carbons (Fsp3) is 0.375. The zero-order valence-electron chi connectivity index (χ0n) is 19.4. The summed E-state index contributed by atoms with van der Waals surface area (Å²) in [7, 11) is 0. The Morgan fingerprint density at radius 3 is 2.60 bits per heavy atom. The number of anilines is 1. The molecule has 3 aromatic rings. The average molecular weight is 506 g/mol. The minimum atomic E-state index is -4.79. The number of nitrogens with zero attached hydrogens (tertiary/aromatic N) is 4. The highest BCUT2D eigenvalue weighted by Crippen LogP contribution is 2.26. The van der Waals surface area contributed by atoms with E-state index in [2.05, 4.69) is 29.8 Å². The van der Waals surface area contributed by atoms with Crippen LogP contribution in [0.1, 0.15) is 31.5 Å². The molecule has 1 N–H and O–H groups in total. The Kier molecular flexibility index (Phi) is 7.56. The lowest BCUT2D eigenvalue weighted by Gasteiger charge is -2.35. The molecule has 0 unspecified atom stereocenters. The van der Waals surface area contributed by atoms with Gasteiger partial charge in [0.05, 0.1) is 16.3 Å². The zero-order valence-corrected chi connectivity index (χ0v) is 20.2. The lowest BCUT2D eigenvalue weighted by molar-refractivity contribution is -0.274. The molecule has 11 heteroatoms. The van der Waals surface area contributed by atoms with Crippen LogP contribution >= 0.6 is 11.3 Å². The number of nitrogens with one attached hydrogen (secondary N) is 1. The number of rotatable bonds is 7. The van der Waals surface area contributed by atoms with Gasteiger partial charge < -0.3 is 15.0 Å². The molecule has 0 bridgehead atoms. The number of piperazine rings is 1. The second-order valence-corrected chi connectivity index (χ2v) is 9.46. The van der Waals surface area contributed by atoms with Gasteiger partial charge in [-0.25, -0.2) is 4.98 Å². The van der Waals surface area contributed by atoms with E-state index in [1.165, 1.54) is 29.5 Å². The summed E-state index contributed by atoms with van der Waals surface area (Å²) in [5.41, 5.74) is 2.07. The van der Waals surface area contributed by atoms with Crippen molar-refractivity contribution in [1.29, 1.82) is 0 Å². The predicted octanol–water partition coefficient (Wildman–Crippen LogP) is 4.31. The van der Waals surface area contributed by atoms with E-state index in [0.29, 0.717) is 4.88 Å². The van der Waals surface area contributed by atoms with Gasteiger partial charge in [0.25, 0.3) is 5.91 Å². The Balaban J connectivity index is 1.29. The topological polar surface area (TPSA) is 70.6 Å². The normalized spacial score (nSPS) is 14.7. The van der Waals surface area contributed by atoms with Crippen LogP contribution in [0, 0.1) is 13.8 Å². The maximum absolute atomic E-state index is 12.6. The third kappa shape index (κ3) is 6.70. The zero-order chi connectivity index (χ0) is 25.0. The van der Waals surface area contributed by atoms with Crippen LogP contribution in [0.4, 0.5) is 19.0 Å². The van der Waals surface area contributed by atoms with E-state index in [1.807, 2.05) is 19.9 Å². The van der Waals surface area contributed by atoms with Gasteiger partial charge in [0.15, 0.2) is 0 Å². The van der Waals surface area contributed by atoms with Crippen LogP contribution in [-0.4, -0.2) is 53.3 Å². The van der Waals surface area contributed by atoms with Gasteiger partial charge >= 0.3 is 6.36 Å². The number of ether oxygens (including phenoxy) is 1. The number of hydrogen-bond donors (Lipinski definition) is 1. The van der Waals surface area contributed by atoms with Crippen LogP contribution in [0.2, 0.25) is 0 Å². The number of thiophene rings is 1. The van der Waals surface area contributed by atoms with Crippen molar-refractivity contribution in [2.45, 2.75) is 33.3 Å². The fourth-order valence-corrected chi connectivity index (χ4v) is 4.85. The number of hydrogen-bond acceptors (Lipinski definition) is 7. The molecule has 35 heavy (non-hydrogen) atoms. The molecule has 7 nitrogen and oxygen atoms in total. The monoisotopic (exact) mass is 505 g/mol. The third-order valence-corrected chi connectivity index (χ3v) is 6.69. The maximum Gasteiger partial charge on any atom is 0.573 e. The number of amides is 1. The fourth-order valence-electron chi connectivity index (χ4n) is 3.88. The van der Waals surface area contributed by atoms with E-state index in [0.717, 1.165) is 54.8 Å². The Morgan fingerprint density at radius 1 is 1.11 bits per heavy atom. The number of aromatic nitrogens is 2. The van der Waals surface area contributed by atoms with Gasteiger partial charge in [0, 0.05) is 55.9 Å². The number of alkyl halides is 3. The average Bonchev–Trinajstić information content (AvgIpc) is 3.28. The third-order valence-electron chi connectivity index (χ3n) is 5.63. The lowest BCUT2D eigenvalue weighted by atomic mass is 10.2. The molecule has 0 saturated carbocycles. The summed E-state index contributed by atoms with van der Waals surface area (Å²) in [5.74, 6) is 0.279. The summed E-state index contributed by atoms with van der Waals surface area (Å²) in [5, 5.41) is 2.68. The second kappa shape index (κ2) is 10.6. The number of para-hydroxylation sites is 1. The molecule has 2 aromatic heterocycles. The Morgan fingerprint density at radius 2 is 1.86 bits per heavy atom. The first-order chi connectivity index (χ1) is 16.7. The Hall–Kier alpha value is -3.18. The Bertz CT molecular complexity index is 1180. The lowest BCUT2D eigenvalue weighted by Crippen LogP contribution is -2.46. The molecule has 186 valence electrons. The van der Waals surface area contributed by atoms with Crippen molar-refractivity contribution in [3.63, 3.8) is 0 Å². The first kappa shape index (κ1) is 24.9. The molecule has 1 fully saturated rings. The van der Waals surface area contributed by atoms with Crippen LogP contribution in [0.25, 0.3) is 0 Å². The summed E-state index contributed by atoms with van der Waals surface area (Å²) in [6, 6.07) is 9.43. The van der Waals surface area contributed by atoms with E-state index in [-0.39, 0.29) is 23.8 Å². The van der Waals surface area contributed by atoms with E-state index in [9.17, 15) is 18.0 Å². The van der Waals surface area contributed by atoms with Gasteiger partial charge in [-0.15, -0.1) is 24.5 Å². The van der Waals surface area contributed by atoms with Crippen LogP contribution in [-0.2, 0) is 13.1 Å². The number of halogens is 3. The molecule has 0 atom stereocenters. The minimum absolute atomic E-state index is 0.0679. The number of carbonyl (C=O) groups excluding carboxylic acids is 1. The molecule has 0 spiro atoms. The highest BCUT2D eigenvalue weighted by atomic mass is 32.1. The van der Waals surface area contributed by atoms with E-state index >= 15 is 0 Å².